The van der Waals surface area contributed by atoms with E-state index in [0.29, 0.717) is 21.5 Å². The molecular weight excluding hydrogens is 339 g/mol. The molecule has 23 heavy (non-hydrogen) atoms. The molecule has 0 aliphatic rings. The van der Waals surface area contributed by atoms with Crippen LogP contribution in [-0.2, 0) is 9.53 Å². The van der Waals surface area contributed by atoms with Gasteiger partial charge in [-0.25, -0.2) is 0 Å². The molecular formula is C17H16Cl2O4. The Labute approximate surface area is 144 Å². The van der Waals surface area contributed by atoms with Crippen molar-refractivity contribution < 1.29 is 19.0 Å². The molecule has 0 radical (unpaired) electrons. The molecule has 0 heterocycles. The van der Waals surface area contributed by atoms with Gasteiger partial charge in [-0.15, -0.1) is 0 Å². The maximum absolute atomic E-state index is 11.2. The first-order valence-electron chi connectivity index (χ1n) is 6.97. The van der Waals surface area contributed by atoms with Crippen LogP contribution in [0.1, 0.15) is 6.92 Å². The van der Waals surface area contributed by atoms with Crippen LogP contribution in [0.2, 0.25) is 10.0 Å². The summed E-state index contributed by atoms with van der Waals surface area (Å²) in [5.41, 5.74) is 0. The fraction of sp³-hybridized carbons (Fsp3) is 0.235. The second-order valence-corrected chi connectivity index (χ2v) is 5.63. The number of benzene rings is 2. The highest BCUT2D eigenvalue weighted by Crippen LogP contribution is 2.17. The topological polar surface area (TPSA) is 44.8 Å². The second-order valence-electron chi connectivity index (χ2n) is 4.76. The summed E-state index contributed by atoms with van der Waals surface area (Å²) in [4.78, 5) is 11.2. The number of ether oxygens (including phenoxy) is 3. The van der Waals surface area contributed by atoms with Crippen molar-refractivity contribution in [1.82, 2.24) is 0 Å². The molecule has 0 aromatic heterocycles. The van der Waals surface area contributed by atoms with E-state index in [4.69, 9.17) is 37.4 Å². The van der Waals surface area contributed by atoms with E-state index >= 15 is 0 Å². The minimum absolute atomic E-state index is 0.175. The first-order chi connectivity index (χ1) is 11.0. The summed E-state index contributed by atoms with van der Waals surface area (Å²) in [5, 5.41) is 1.25. The molecule has 0 bridgehead atoms. The van der Waals surface area contributed by atoms with Crippen LogP contribution in [0, 0.1) is 0 Å². The molecule has 122 valence electrons. The van der Waals surface area contributed by atoms with Gasteiger partial charge in [-0.05, 0) is 48.5 Å². The molecule has 0 fully saturated rings. The molecule has 0 unspecified atom stereocenters. The van der Waals surface area contributed by atoms with E-state index in [2.05, 4.69) is 0 Å². The van der Waals surface area contributed by atoms with Gasteiger partial charge in [0.25, 0.3) is 0 Å². The van der Waals surface area contributed by atoms with Crippen molar-refractivity contribution in [2.45, 2.75) is 13.0 Å². The fourth-order valence-corrected chi connectivity index (χ4v) is 2.04. The largest absolute Gasteiger partial charge is 0.490 e. The summed E-state index contributed by atoms with van der Waals surface area (Å²) in [6.07, 6.45) is -0.529. The summed E-state index contributed by atoms with van der Waals surface area (Å²) >= 11 is 11.6. The Bertz CT molecular complexity index is 577. The predicted molar refractivity (Wildman–Crippen MR) is 89.4 cm³/mol. The molecule has 0 amide bonds. The minimum Gasteiger partial charge on any atom is -0.490 e. The number of carbonyl (C=O) groups is 1. The molecule has 2 aromatic rings. The van der Waals surface area contributed by atoms with Gasteiger partial charge in [0, 0.05) is 17.0 Å². The lowest BCUT2D eigenvalue weighted by molar-refractivity contribution is -0.149. The second kappa shape index (κ2) is 8.65. The Kier molecular flexibility index (Phi) is 6.56. The molecule has 4 nitrogen and oxygen atoms in total. The maximum Gasteiger partial charge on any atom is 0.303 e. The number of halogens is 2. The monoisotopic (exact) mass is 354 g/mol. The van der Waals surface area contributed by atoms with E-state index in [1.165, 1.54) is 6.92 Å². The van der Waals surface area contributed by atoms with Crippen molar-refractivity contribution in [2.24, 2.45) is 0 Å². The van der Waals surface area contributed by atoms with Crippen LogP contribution >= 0.6 is 23.2 Å². The van der Waals surface area contributed by atoms with Crippen LogP contribution in [0.4, 0.5) is 0 Å². The van der Waals surface area contributed by atoms with Crippen LogP contribution < -0.4 is 9.47 Å². The lowest BCUT2D eigenvalue weighted by Crippen LogP contribution is -2.30. The van der Waals surface area contributed by atoms with E-state index in [1.807, 2.05) is 0 Å². The van der Waals surface area contributed by atoms with Gasteiger partial charge in [-0.2, -0.15) is 0 Å². The van der Waals surface area contributed by atoms with Gasteiger partial charge in [-0.3, -0.25) is 4.79 Å². The summed E-state index contributed by atoms with van der Waals surface area (Å²) in [5.74, 6) is 0.880. The average Bonchev–Trinajstić information content (AvgIpc) is 2.52. The Balaban J connectivity index is 1.89. The van der Waals surface area contributed by atoms with Gasteiger partial charge in [0.1, 0.15) is 24.7 Å². The minimum atomic E-state index is -0.529. The Hall–Kier alpha value is -1.91. The van der Waals surface area contributed by atoms with E-state index in [-0.39, 0.29) is 13.2 Å². The van der Waals surface area contributed by atoms with E-state index in [9.17, 15) is 4.79 Å². The Morgan fingerprint density at radius 1 is 0.870 bits per heavy atom. The van der Waals surface area contributed by atoms with Crippen molar-refractivity contribution in [3.63, 3.8) is 0 Å². The fourth-order valence-electron chi connectivity index (χ4n) is 1.79. The first-order valence-corrected chi connectivity index (χ1v) is 7.72. The number of rotatable bonds is 7. The summed E-state index contributed by atoms with van der Waals surface area (Å²) in [7, 11) is 0. The number of hydrogen-bond donors (Lipinski definition) is 0. The molecule has 0 saturated carbocycles. The van der Waals surface area contributed by atoms with Crippen molar-refractivity contribution in [3.05, 3.63) is 58.6 Å². The van der Waals surface area contributed by atoms with Gasteiger partial charge in [0.15, 0.2) is 6.10 Å². The predicted octanol–water partition coefficient (Wildman–Crippen LogP) is 4.38. The van der Waals surface area contributed by atoms with Crippen molar-refractivity contribution in [3.8, 4) is 11.5 Å². The maximum atomic E-state index is 11.2. The molecule has 0 spiro atoms. The van der Waals surface area contributed by atoms with Crippen LogP contribution in [0.25, 0.3) is 0 Å². The molecule has 0 aliphatic carbocycles. The van der Waals surface area contributed by atoms with Gasteiger partial charge in [0.2, 0.25) is 0 Å². The van der Waals surface area contributed by atoms with Crippen LogP contribution in [0.3, 0.4) is 0 Å². The van der Waals surface area contributed by atoms with E-state index < -0.39 is 12.1 Å². The summed E-state index contributed by atoms with van der Waals surface area (Å²) in [6, 6.07) is 13.9. The standard InChI is InChI=1S/C17H16Cl2O4/c1-12(20)23-17(10-21-15-6-2-13(18)3-7-15)11-22-16-8-4-14(19)5-9-16/h2-9,17H,10-11H2,1H3. The van der Waals surface area contributed by atoms with Crippen molar-refractivity contribution >= 4 is 29.2 Å². The molecule has 0 aliphatic heterocycles. The third kappa shape index (κ3) is 6.38. The first kappa shape index (κ1) is 17.4. The number of esters is 1. The SMILES string of the molecule is CC(=O)OC(COc1ccc(Cl)cc1)COc1ccc(Cl)cc1. The van der Waals surface area contributed by atoms with Crippen molar-refractivity contribution in [1.29, 1.82) is 0 Å². The van der Waals surface area contributed by atoms with Gasteiger partial charge in [0.05, 0.1) is 0 Å². The zero-order chi connectivity index (χ0) is 16.7. The Morgan fingerprint density at radius 2 is 1.26 bits per heavy atom. The molecule has 2 aromatic carbocycles. The van der Waals surface area contributed by atoms with E-state index in [0.717, 1.165) is 0 Å². The van der Waals surface area contributed by atoms with E-state index in [1.54, 1.807) is 48.5 Å². The zero-order valence-corrected chi connectivity index (χ0v) is 14.0. The van der Waals surface area contributed by atoms with Gasteiger partial charge in [-0.1, -0.05) is 23.2 Å². The Morgan fingerprint density at radius 3 is 1.61 bits per heavy atom. The smallest absolute Gasteiger partial charge is 0.303 e. The zero-order valence-electron chi connectivity index (χ0n) is 12.5. The van der Waals surface area contributed by atoms with Crippen molar-refractivity contribution in [2.75, 3.05) is 13.2 Å². The lowest BCUT2D eigenvalue weighted by Gasteiger charge is -2.18. The lowest BCUT2D eigenvalue weighted by atomic mass is 10.3. The number of hydrogen-bond acceptors (Lipinski definition) is 4. The molecule has 2 rings (SSSR count). The highest BCUT2D eigenvalue weighted by atomic mass is 35.5. The summed E-state index contributed by atoms with van der Waals surface area (Å²) < 4.78 is 16.4. The average molecular weight is 355 g/mol. The summed E-state index contributed by atoms with van der Waals surface area (Å²) in [6.45, 7) is 1.70. The van der Waals surface area contributed by atoms with Gasteiger partial charge < -0.3 is 14.2 Å². The highest BCUT2D eigenvalue weighted by molar-refractivity contribution is 6.30. The van der Waals surface area contributed by atoms with Crippen LogP contribution in [0.5, 0.6) is 11.5 Å². The normalized spacial score (nSPS) is 10.4. The third-order valence-corrected chi connectivity index (χ3v) is 3.34. The molecule has 0 saturated heterocycles. The number of carbonyl (C=O) groups excluding carboxylic acids is 1. The molecule has 6 heteroatoms. The highest BCUT2D eigenvalue weighted by Gasteiger charge is 2.14. The third-order valence-electron chi connectivity index (χ3n) is 2.83. The van der Waals surface area contributed by atoms with Gasteiger partial charge >= 0.3 is 5.97 Å². The molecule has 0 N–H and O–H groups in total. The van der Waals surface area contributed by atoms with Crippen LogP contribution in [0.15, 0.2) is 48.5 Å². The van der Waals surface area contributed by atoms with Crippen LogP contribution in [-0.4, -0.2) is 25.3 Å². The molecule has 0 atom stereocenters. The quantitative estimate of drug-likeness (QED) is 0.692.